The average molecular weight is 239 g/mol. The van der Waals surface area contributed by atoms with Crippen LogP contribution in [0.1, 0.15) is 5.56 Å². The van der Waals surface area contributed by atoms with Crippen molar-refractivity contribution in [2.24, 2.45) is 0 Å². The zero-order chi connectivity index (χ0) is 13.0. The lowest BCUT2D eigenvalue weighted by atomic mass is 9.97. The molecule has 0 unspecified atom stereocenters. The lowest BCUT2D eigenvalue weighted by Crippen LogP contribution is -2.23. The molecule has 0 saturated heterocycles. The van der Waals surface area contributed by atoms with Gasteiger partial charge in [-0.1, -0.05) is 54.6 Å². The van der Waals surface area contributed by atoms with Crippen LogP contribution in [0, 0.1) is 0 Å². The molecule has 2 rings (SSSR count). The number of likely N-dealkylation sites (N-methyl/N-ethyl adjacent to an activating group) is 1. The Morgan fingerprint density at radius 3 is 2.22 bits per heavy atom. The number of benzene rings is 2. The topological polar surface area (TPSA) is 20.3 Å². The molecule has 0 fully saturated rings. The number of amides is 1. The highest BCUT2D eigenvalue weighted by atomic mass is 16.2. The van der Waals surface area contributed by atoms with Crippen LogP contribution in [0.2, 0.25) is 0 Å². The third kappa shape index (κ3) is 2.77. The van der Waals surface area contributed by atoms with Crippen LogP contribution in [0.3, 0.4) is 0 Å². The summed E-state index contributed by atoms with van der Waals surface area (Å²) in [5.41, 5.74) is 3.36. The molecule has 0 aliphatic rings. The molecule has 92 valence electrons. The molecule has 1 amide bonds. The van der Waals surface area contributed by atoms with Gasteiger partial charge in [-0.05, 0) is 16.7 Å². The number of carbonyl (C=O) groups is 1. The van der Waals surface area contributed by atoms with Gasteiger partial charge in [0.2, 0.25) is 5.91 Å². The maximum absolute atomic E-state index is 11.8. The van der Waals surface area contributed by atoms with Crippen molar-refractivity contribution in [3.63, 3.8) is 0 Å². The van der Waals surface area contributed by atoms with Gasteiger partial charge in [0.25, 0.3) is 0 Å². The smallest absolute Gasteiger partial charge is 0.226 e. The molecule has 0 spiro atoms. The molecule has 2 aromatic rings. The lowest BCUT2D eigenvalue weighted by Gasteiger charge is -2.13. The van der Waals surface area contributed by atoms with Crippen LogP contribution in [0.4, 0.5) is 0 Å². The van der Waals surface area contributed by atoms with Gasteiger partial charge in [-0.15, -0.1) is 0 Å². The van der Waals surface area contributed by atoms with E-state index < -0.39 is 0 Å². The number of rotatable bonds is 3. The second-order valence-electron chi connectivity index (χ2n) is 4.49. The first kappa shape index (κ1) is 12.4. The van der Waals surface area contributed by atoms with E-state index in [0.717, 1.165) is 16.7 Å². The molecule has 0 saturated carbocycles. The van der Waals surface area contributed by atoms with E-state index in [9.17, 15) is 4.79 Å². The summed E-state index contributed by atoms with van der Waals surface area (Å²) in [6.07, 6.45) is 0.443. The van der Waals surface area contributed by atoms with Crippen LogP contribution < -0.4 is 0 Å². The van der Waals surface area contributed by atoms with Crippen molar-refractivity contribution in [3.05, 3.63) is 60.2 Å². The summed E-state index contributed by atoms with van der Waals surface area (Å²) in [7, 11) is 3.57. The standard InChI is InChI=1S/C16H17NO/c1-17(2)16(18)12-14-10-6-7-11-15(14)13-8-4-3-5-9-13/h3-11H,12H2,1-2H3. The fourth-order valence-electron chi connectivity index (χ4n) is 1.89. The van der Waals surface area contributed by atoms with Gasteiger partial charge in [0.15, 0.2) is 0 Å². The molecule has 0 heterocycles. The lowest BCUT2D eigenvalue weighted by molar-refractivity contribution is -0.127. The first-order valence-electron chi connectivity index (χ1n) is 6.02. The maximum atomic E-state index is 11.8. The third-order valence-electron chi connectivity index (χ3n) is 2.94. The highest BCUT2D eigenvalue weighted by molar-refractivity contribution is 5.81. The summed E-state index contributed by atoms with van der Waals surface area (Å²) in [5.74, 6) is 0.124. The molecule has 2 heteroatoms. The van der Waals surface area contributed by atoms with Crippen LogP contribution in [0.5, 0.6) is 0 Å². The summed E-state index contributed by atoms with van der Waals surface area (Å²) >= 11 is 0. The Bertz CT molecular complexity index is 532. The van der Waals surface area contributed by atoms with Gasteiger partial charge in [0.05, 0.1) is 6.42 Å². The van der Waals surface area contributed by atoms with Crippen LogP contribution in [-0.2, 0) is 11.2 Å². The number of carbonyl (C=O) groups excluding carboxylic acids is 1. The Morgan fingerprint density at radius 1 is 0.944 bits per heavy atom. The van der Waals surface area contributed by atoms with Gasteiger partial charge in [0.1, 0.15) is 0 Å². The normalized spacial score (nSPS) is 10.1. The minimum absolute atomic E-state index is 0.124. The van der Waals surface area contributed by atoms with Crippen LogP contribution in [0.15, 0.2) is 54.6 Å². The summed E-state index contributed by atoms with van der Waals surface area (Å²) in [6.45, 7) is 0. The van der Waals surface area contributed by atoms with Crippen molar-refractivity contribution in [2.75, 3.05) is 14.1 Å². The number of hydrogen-bond acceptors (Lipinski definition) is 1. The molecule has 0 aliphatic heterocycles. The molecule has 0 aliphatic carbocycles. The van der Waals surface area contributed by atoms with E-state index in [-0.39, 0.29) is 5.91 Å². The van der Waals surface area contributed by atoms with Crippen LogP contribution in [0.25, 0.3) is 11.1 Å². The predicted octanol–water partition coefficient (Wildman–Crippen LogP) is 2.98. The molecule has 0 aromatic heterocycles. The molecule has 2 nitrogen and oxygen atoms in total. The average Bonchev–Trinajstić information content (AvgIpc) is 2.40. The SMILES string of the molecule is CN(C)C(=O)Cc1ccccc1-c1ccccc1. The maximum Gasteiger partial charge on any atom is 0.226 e. The fourth-order valence-corrected chi connectivity index (χ4v) is 1.89. The van der Waals surface area contributed by atoms with Gasteiger partial charge < -0.3 is 4.90 Å². The van der Waals surface area contributed by atoms with Crippen molar-refractivity contribution in [1.82, 2.24) is 4.90 Å². The van der Waals surface area contributed by atoms with E-state index in [1.807, 2.05) is 36.4 Å². The van der Waals surface area contributed by atoms with Gasteiger partial charge >= 0.3 is 0 Å². The highest BCUT2D eigenvalue weighted by Gasteiger charge is 2.10. The molecule has 0 N–H and O–H groups in total. The van der Waals surface area contributed by atoms with Crippen LogP contribution in [-0.4, -0.2) is 24.9 Å². The highest BCUT2D eigenvalue weighted by Crippen LogP contribution is 2.23. The van der Waals surface area contributed by atoms with Crippen molar-refractivity contribution in [1.29, 1.82) is 0 Å². The van der Waals surface area contributed by atoms with E-state index in [0.29, 0.717) is 6.42 Å². The molecular formula is C16H17NO. The summed E-state index contributed by atoms with van der Waals surface area (Å²) < 4.78 is 0. The van der Waals surface area contributed by atoms with Crippen molar-refractivity contribution in [2.45, 2.75) is 6.42 Å². The van der Waals surface area contributed by atoms with E-state index in [2.05, 4.69) is 18.2 Å². The van der Waals surface area contributed by atoms with Crippen molar-refractivity contribution in [3.8, 4) is 11.1 Å². The number of hydrogen-bond donors (Lipinski definition) is 0. The monoisotopic (exact) mass is 239 g/mol. The second-order valence-corrected chi connectivity index (χ2v) is 4.49. The largest absolute Gasteiger partial charge is 0.349 e. The van der Waals surface area contributed by atoms with Gasteiger partial charge in [0, 0.05) is 14.1 Å². The Kier molecular flexibility index (Phi) is 3.78. The van der Waals surface area contributed by atoms with Crippen molar-refractivity contribution < 1.29 is 4.79 Å². The Hall–Kier alpha value is -2.09. The molecular weight excluding hydrogens is 222 g/mol. The molecule has 18 heavy (non-hydrogen) atoms. The Morgan fingerprint density at radius 2 is 1.56 bits per heavy atom. The van der Waals surface area contributed by atoms with E-state index in [4.69, 9.17) is 0 Å². The summed E-state index contributed by atoms with van der Waals surface area (Å²) in [6, 6.07) is 18.2. The zero-order valence-corrected chi connectivity index (χ0v) is 10.8. The van der Waals surface area contributed by atoms with Gasteiger partial charge in [-0.2, -0.15) is 0 Å². The first-order chi connectivity index (χ1) is 8.68. The summed E-state index contributed by atoms with van der Waals surface area (Å²) in [5, 5.41) is 0. The quantitative estimate of drug-likeness (QED) is 0.806. The molecule has 0 atom stereocenters. The Balaban J connectivity index is 2.35. The summed E-state index contributed by atoms with van der Waals surface area (Å²) in [4.78, 5) is 13.4. The molecule has 0 radical (unpaired) electrons. The Labute approximate surface area is 108 Å². The zero-order valence-electron chi connectivity index (χ0n) is 10.8. The van der Waals surface area contributed by atoms with E-state index in [1.165, 1.54) is 0 Å². The van der Waals surface area contributed by atoms with E-state index in [1.54, 1.807) is 19.0 Å². The second kappa shape index (κ2) is 5.50. The minimum atomic E-state index is 0.124. The molecule has 2 aromatic carbocycles. The fraction of sp³-hybridized carbons (Fsp3) is 0.188. The number of nitrogens with zero attached hydrogens (tertiary/aromatic N) is 1. The minimum Gasteiger partial charge on any atom is -0.349 e. The third-order valence-corrected chi connectivity index (χ3v) is 2.94. The first-order valence-corrected chi connectivity index (χ1v) is 6.02. The van der Waals surface area contributed by atoms with Crippen LogP contribution >= 0.6 is 0 Å². The van der Waals surface area contributed by atoms with Crippen molar-refractivity contribution >= 4 is 5.91 Å². The predicted molar refractivity (Wildman–Crippen MR) is 74.3 cm³/mol. The molecule has 0 bridgehead atoms. The van der Waals surface area contributed by atoms with Gasteiger partial charge in [-0.25, -0.2) is 0 Å². The van der Waals surface area contributed by atoms with E-state index >= 15 is 0 Å². The van der Waals surface area contributed by atoms with Gasteiger partial charge in [-0.3, -0.25) is 4.79 Å².